The summed E-state index contributed by atoms with van der Waals surface area (Å²) in [5.41, 5.74) is 3.02. The molecule has 0 saturated carbocycles. The van der Waals surface area contributed by atoms with Crippen molar-refractivity contribution in [3.63, 3.8) is 0 Å². The zero-order chi connectivity index (χ0) is 25.5. The molecule has 0 fully saturated rings. The Bertz CT molecular complexity index is 1380. The van der Waals surface area contributed by atoms with Gasteiger partial charge in [0.25, 0.3) is 5.91 Å². The number of anilines is 1. The lowest BCUT2D eigenvalue weighted by Crippen LogP contribution is -2.39. The molecule has 0 radical (unpaired) electrons. The van der Waals surface area contributed by atoms with Crippen LogP contribution in [-0.4, -0.2) is 36.2 Å². The van der Waals surface area contributed by atoms with Gasteiger partial charge in [-0.2, -0.15) is 0 Å². The van der Waals surface area contributed by atoms with Crippen molar-refractivity contribution >= 4 is 34.2 Å². The summed E-state index contributed by atoms with van der Waals surface area (Å²) in [6.45, 7) is 1.82. The molecule has 2 N–H and O–H groups in total. The number of nitrogens with zero attached hydrogens (tertiary/aromatic N) is 1. The van der Waals surface area contributed by atoms with Crippen molar-refractivity contribution < 1.29 is 14.4 Å². The number of hydrogen-bond acceptors (Lipinski definition) is 3. The summed E-state index contributed by atoms with van der Waals surface area (Å²) in [4.78, 5) is 39.4. The fraction of sp³-hybridized carbons (Fsp3) is 0.167. The molecular formula is C30H29N3O3. The Morgan fingerprint density at radius 2 is 1.53 bits per heavy atom. The summed E-state index contributed by atoms with van der Waals surface area (Å²) < 4.78 is 0. The minimum atomic E-state index is -0.249. The standard InChI is InChI=1S/C30H29N3O3/c1-21(24-14-9-16-26(18-24)32-30(36)23-11-4-3-5-12-23)33(2)29(35)20-31-28(34)19-25-15-8-13-22-10-6-7-17-27(22)25/h3-18,21H,19-20H2,1-2H3,(H,31,34)(H,32,36). The second-order valence-corrected chi connectivity index (χ2v) is 8.72. The number of nitrogens with one attached hydrogen (secondary N) is 2. The molecule has 4 aromatic carbocycles. The molecular weight excluding hydrogens is 450 g/mol. The van der Waals surface area contributed by atoms with E-state index in [0.717, 1.165) is 21.9 Å². The molecule has 4 rings (SSSR count). The van der Waals surface area contributed by atoms with Gasteiger partial charge in [0.05, 0.1) is 19.0 Å². The van der Waals surface area contributed by atoms with Crippen molar-refractivity contribution in [2.45, 2.75) is 19.4 Å². The Labute approximate surface area is 210 Å². The van der Waals surface area contributed by atoms with Crippen LogP contribution in [0.5, 0.6) is 0 Å². The van der Waals surface area contributed by atoms with Gasteiger partial charge in [-0.1, -0.05) is 72.8 Å². The zero-order valence-corrected chi connectivity index (χ0v) is 20.4. The van der Waals surface area contributed by atoms with Crippen LogP contribution < -0.4 is 10.6 Å². The number of fused-ring (bicyclic) bond motifs is 1. The monoisotopic (exact) mass is 479 g/mol. The maximum Gasteiger partial charge on any atom is 0.255 e. The van der Waals surface area contributed by atoms with E-state index >= 15 is 0 Å². The number of benzene rings is 4. The number of hydrogen-bond donors (Lipinski definition) is 2. The first-order valence-corrected chi connectivity index (χ1v) is 11.9. The van der Waals surface area contributed by atoms with Gasteiger partial charge in [-0.25, -0.2) is 0 Å². The summed E-state index contributed by atoms with van der Waals surface area (Å²) >= 11 is 0. The van der Waals surface area contributed by atoms with Gasteiger partial charge < -0.3 is 15.5 Å². The Morgan fingerprint density at radius 3 is 2.33 bits per heavy atom. The number of carbonyl (C=O) groups is 3. The van der Waals surface area contributed by atoms with Crippen LogP contribution in [0.1, 0.15) is 34.5 Å². The Hall–Kier alpha value is -4.45. The highest BCUT2D eigenvalue weighted by atomic mass is 16.2. The zero-order valence-electron chi connectivity index (χ0n) is 20.4. The minimum Gasteiger partial charge on any atom is -0.347 e. The molecule has 3 amide bonds. The van der Waals surface area contributed by atoms with Gasteiger partial charge in [0.15, 0.2) is 0 Å². The highest BCUT2D eigenvalue weighted by Gasteiger charge is 2.19. The van der Waals surface area contributed by atoms with E-state index in [-0.39, 0.29) is 36.7 Å². The molecule has 0 aliphatic rings. The summed E-state index contributed by atoms with van der Waals surface area (Å²) in [6.07, 6.45) is 0.205. The van der Waals surface area contributed by atoms with Crippen LogP contribution in [0.4, 0.5) is 5.69 Å². The first-order chi connectivity index (χ1) is 17.4. The first kappa shape index (κ1) is 24.7. The van der Waals surface area contributed by atoms with E-state index < -0.39 is 0 Å². The maximum atomic E-state index is 12.8. The van der Waals surface area contributed by atoms with E-state index in [1.54, 1.807) is 24.1 Å². The summed E-state index contributed by atoms with van der Waals surface area (Å²) in [5, 5.41) is 7.76. The lowest BCUT2D eigenvalue weighted by molar-refractivity contribution is -0.133. The highest BCUT2D eigenvalue weighted by Crippen LogP contribution is 2.23. The molecule has 1 atom stereocenters. The first-order valence-electron chi connectivity index (χ1n) is 11.9. The van der Waals surface area contributed by atoms with Gasteiger partial charge >= 0.3 is 0 Å². The quantitative estimate of drug-likeness (QED) is 0.375. The summed E-state index contributed by atoms with van der Waals surface area (Å²) in [6, 6.07) is 30.0. The fourth-order valence-electron chi connectivity index (χ4n) is 4.09. The third kappa shape index (κ3) is 5.96. The van der Waals surface area contributed by atoms with Gasteiger partial charge in [-0.15, -0.1) is 0 Å². The molecule has 4 aromatic rings. The second kappa shape index (κ2) is 11.3. The SMILES string of the molecule is CC(c1cccc(NC(=O)c2ccccc2)c1)N(C)C(=O)CNC(=O)Cc1cccc2ccccc12. The van der Waals surface area contributed by atoms with E-state index in [9.17, 15) is 14.4 Å². The molecule has 0 spiro atoms. The smallest absolute Gasteiger partial charge is 0.255 e. The average Bonchev–Trinajstić information content (AvgIpc) is 2.91. The third-order valence-corrected chi connectivity index (χ3v) is 6.30. The van der Waals surface area contributed by atoms with Crippen molar-refractivity contribution in [2.75, 3.05) is 18.9 Å². The largest absolute Gasteiger partial charge is 0.347 e. The predicted molar refractivity (Wildman–Crippen MR) is 143 cm³/mol. The van der Waals surface area contributed by atoms with Crippen LogP contribution in [0, 0.1) is 0 Å². The second-order valence-electron chi connectivity index (χ2n) is 8.72. The van der Waals surface area contributed by atoms with E-state index in [0.29, 0.717) is 11.3 Å². The van der Waals surface area contributed by atoms with E-state index in [2.05, 4.69) is 10.6 Å². The Kier molecular flexibility index (Phi) is 7.75. The van der Waals surface area contributed by atoms with E-state index in [1.165, 1.54) is 0 Å². The van der Waals surface area contributed by atoms with Crippen LogP contribution in [0.2, 0.25) is 0 Å². The molecule has 6 nitrogen and oxygen atoms in total. The normalized spacial score (nSPS) is 11.5. The summed E-state index contributed by atoms with van der Waals surface area (Å²) in [5.74, 6) is -0.599. The Balaban J connectivity index is 1.33. The van der Waals surface area contributed by atoms with Crippen molar-refractivity contribution in [1.29, 1.82) is 0 Å². The number of likely N-dealkylation sites (N-methyl/N-ethyl adjacent to an activating group) is 1. The average molecular weight is 480 g/mol. The van der Waals surface area contributed by atoms with Crippen molar-refractivity contribution in [1.82, 2.24) is 10.2 Å². The van der Waals surface area contributed by atoms with Gasteiger partial charge in [0.1, 0.15) is 0 Å². The lowest BCUT2D eigenvalue weighted by Gasteiger charge is -2.26. The molecule has 1 unspecified atom stereocenters. The van der Waals surface area contributed by atoms with Gasteiger partial charge in [-0.3, -0.25) is 14.4 Å². The van der Waals surface area contributed by atoms with Crippen LogP contribution in [0.15, 0.2) is 97.1 Å². The van der Waals surface area contributed by atoms with Gasteiger partial charge in [-0.05, 0) is 53.1 Å². The molecule has 0 saturated heterocycles. The molecule has 6 heteroatoms. The van der Waals surface area contributed by atoms with Crippen LogP contribution >= 0.6 is 0 Å². The molecule has 182 valence electrons. The molecule has 0 bridgehead atoms. The topological polar surface area (TPSA) is 78.5 Å². The maximum absolute atomic E-state index is 12.8. The summed E-state index contributed by atoms with van der Waals surface area (Å²) in [7, 11) is 1.71. The molecule has 0 aromatic heterocycles. The van der Waals surface area contributed by atoms with Crippen LogP contribution in [0.25, 0.3) is 10.8 Å². The van der Waals surface area contributed by atoms with E-state index in [1.807, 2.05) is 91.9 Å². The van der Waals surface area contributed by atoms with Gasteiger partial charge in [0, 0.05) is 18.3 Å². The molecule has 0 heterocycles. The number of amides is 3. The third-order valence-electron chi connectivity index (χ3n) is 6.30. The minimum absolute atomic E-state index is 0.0884. The lowest BCUT2D eigenvalue weighted by atomic mass is 10.0. The molecule has 0 aliphatic heterocycles. The predicted octanol–water partition coefficient (Wildman–Crippen LogP) is 4.97. The van der Waals surface area contributed by atoms with Crippen molar-refractivity contribution in [3.05, 3.63) is 114 Å². The van der Waals surface area contributed by atoms with Gasteiger partial charge in [0.2, 0.25) is 11.8 Å². The van der Waals surface area contributed by atoms with Crippen LogP contribution in [0.3, 0.4) is 0 Å². The Morgan fingerprint density at radius 1 is 0.833 bits per heavy atom. The molecule has 36 heavy (non-hydrogen) atoms. The van der Waals surface area contributed by atoms with E-state index in [4.69, 9.17) is 0 Å². The van der Waals surface area contributed by atoms with Crippen molar-refractivity contribution in [3.8, 4) is 0 Å². The number of carbonyl (C=O) groups excluding carboxylic acids is 3. The number of rotatable bonds is 8. The molecule has 0 aliphatic carbocycles. The highest BCUT2D eigenvalue weighted by molar-refractivity contribution is 6.04. The van der Waals surface area contributed by atoms with Crippen molar-refractivity contribution in [2.24, 2.45) is 0 Å². The van der Waals surface area contributed by atoms with Crippen LogP contribution in [-0.2, 0) is 16.0 Å². The fourth-order valence-corrected chi connectivity index (χ4v) is 4.09.